The minimum atomic E-state index is -0.903. The van der Waals surface area contributed by atoms with Crippen molar-refractivity contribution in [3.05, 3.63) is 71.8 Å². The first-order chi connectivity index (χ1) is 12.2. The Bertz CT molecular complexity index is 818. The smallest absolute Gasteiger partial charge is 0.407 e. The summed E-state index contributed by atoms with van der Waals surface area (Å²) in [5.74, 6) is 1.51. The Hall–Kier alpha value is -2.95. The van der Waals surface area contributed by atoms with Gasteiger partial charge in [-0.05, 0) is 11.6 Å². The molecular weight excluding hydrogens is 318 g/mol. The lowest BCUT2D eigenvalue weighted by Crippen LogP contribution is -2.46. The van der Waals surface area contributed by atoms with Gasteiger partial charge < -0.3 is 19.5 Å². The van der Waals surface area contributed by atoms with Crippen LogP contribution in [-0.2, 0) is 12.0 Å². The number of ether oxygens (including phenoxy) is 2. The number of carboxylic acid groups (broad SMARTS) is 1. The van der Waals surface area contributed by atoms with E-state index in [0.29, 0.717) is 26.3 Å². The van der Waals surface area contributed by atoms with Gasteiger partial charge in [-0.1, -0.05) is 48.6 Å². The molecule has 1 N–H and O–H groups in total. The van der Waals surface area contributed by atoms with Gasteiger partial charge in [-0.25, -0.2) is 4.79 Å². The molecular formula is C20H19NO4. The van der Waals surface area contributed by atoms with E-state index in [1.807, 2.05) is 54.6 Å². The van der Waals surface area contributed by atoms with Crippen LogP contribution in [0.15, 0.2) is 60.7 Å². The van der Waals surface area contributed by atoms with Crippen molar-refractivity contribution in [3.8, 4) is 11.5 Å². The van der Waals surface area contributed by atoms with Gasteiger partial charge in [0, 0.05) is 24.7 Å². The number of hydrogen-bond acceptors (Lipinski definition) is 3. The number of amides is 1. The molecule has 25 heavy (non-hydrogen) atoms. The van der Waals surface area contributed by atoms with Crippen molar-refractivity contribution in [2.45, 2.75) is 12.0 Å². The van der Waals surface area contributed by atoms with E-state index < -0.39 is 11.5 Å². The van der Waals surface area contributed by atoms with Crippen molar-refractivity contribution in [1.29, 1.82) is 0 Å². The average molecular weight is 337 g/mol. The van der Waals surface area contributed by atoms with Crippen LogP contribution in [0.3, 0.4) is 0 Å². The van der Waals surface area contributed by atoms with Crippen LogP contribution in [0.5, 0.6) is 11.5 Å². The highest BCUT2D eigenvalue weighted by Gasteiger charge is 2.42. The molecule has 0 saturated heterocycles. The molecule has 0 radical (unpaired) electrons. The Balaban J connectivity index is 1.53. The van der Waals surface area contributed by atoms with E-state index in [2.05, 4.69) is 6.08 Å². The van der Waals surface area contributed by atoms with Crippen LogP contribution in [0, 0.1) is 0 Å². The van der Waals surface area contributed by atoms with Crippen LogP contribution in [0.2, 0.25) is 0 Å². The number of benzene rings is 2. The molecule has 5 heteroatoms. The first-order valence-electron chi connectivity index (χ1n) is 8.26. The highest BCUT2D eigenvalue weighted by Crippen LogP contribution is 2.43. The number of fused-ring (bicyclic) bond motifs is 2. The zero-order valence-corrected chi connectivity index (χ0v) is 13.7. The van der Waals surface area contributed by atoms with Gasteiger partial charge in [0.1, 0.15) is 24.7 Å². The van der Waals surface area contributed by atoms with Gasteiger partial charge in [0.15, 0.2) is 0 Å². The fourth-order valence-corrected chi connectivity index (χ4v) is 3.43. The van der Waals surface area contributed by atoms with E-state index in [-0.39, 0.29) is 0 Å². The van der Waals surface area contributed by atoms with Gasteiger partial charge in [-0.15, -0.1) is 0 Å². The van der Waals surface area contributed by atoms with Crippen molar-refractivity contribution < 1.29 is 19.4 Å². The highest BCUT2D eigenvalue weighted by molar-refractivity contribution is 5.66. The molecule has 0 aliphatic carbocycles. The lowest BCUT2D eigenvalue weighted by molar-refractivity contribution is 0.134. The number of hydrogen-bond donors (Lipinski definition) is 1. The zero-order valence-electron chi connectivity index (χ0n) is 13.7. The molecule has 1 amide bonds. The lowest BCUT2D eigenvalue weighted by Gasteiger charge is -2.33. The SMILES string of the molecule is O=C(O)N1CC=CC2(COc3cc(OCc4ccccc4)ccc32)C1. The normalized spacial score (nSPS) is 21.0. The third-order valence-electron chi connectivity index (χ3n) is 4.73. The third kappa shape index (κ3) is 2.93. The van der Waals surface area contributed by atoms with Crippen molar-refractivity contribution >= 4 is 6.09 Å². The molecule has 0 fully saturated rings. The predicted octanol–water partition coefficient (Wildman–Crippen LogP) is 3.45. The molecule has 1 atom stereocenters. The Morgan fingerprint density at radius 3 is 2.88 bits per heavy atom. The second-order valence-electron chi connectivity index (χ2n) is 6.44. The maximum absolute atomic E-state index is 11.3. The largest absolute Gasteiger partial charge is 0.492 e. The summed E-state index contributed by atoms with van der Waals surface area (Å²) >= 11 is 0. The summed E-state index contributed by atoms with van der Waals surface area (Å²) in [6.07, 6.45) is 3.07. The maximum Gasteiger partial charge on any atom is 0.407 e. The lowest BCUT2D eigenvalue weighted by atomic mass is 9.80. The summed E-state index contributed by atoms with van der Waals surface area (Å²) in [7, 11) is 0. The first kappa shape index (κ1) is 15.6. The van der Waals surface area contributed by atoms with Crippen LogP contribution in [-0.4, -0.2) is 35.8 Å². The number of carbonyl (C=O) groups is 1. The van der Waals surface area contributed by atoms with E-state index in [4.69, 9.17) is 9.47 Å². The Morgan fingerprint density at radius 1 is 1.24 bits per heavy atom. The molecule has 1 spiro atoms. The Kier molecular flexibility index (Phi) is 3.84. The average Bonchev–Trinajstić information content (AvgIpc) is 2.98. The fraction of sp³-hybridized carbons (Fsp3) is 0.250. The van der Waals surface area contributed by atoms with Gasteiger partial charge in [0.25, 0.3) is 0 Å². The van der Waals surface area contributed by atoms with Crippen LogP contribution in [0.4, 0.5) is 4.79 Å². The van der Waals surface area contributed by atoms with Crippen LogP contribution < -0.4 is 9.47 Å². The highest BCUT2D eigenvalue weighted by atomic mass is 16.5. The molecule has 0 bridgehead atoms. The second kappa shape index (κ2) is 6.16. The third-order valence-corrected chi connectivity index (χ3v) is 4.73. The molecule has 0 saturated carbocycles. The second-order valence-corrected chi connectivity index (χ2v) is 6.44. The maximum atomic E-state index is 11.3. The van der Waals surface area contributed by atoms with Gasteiger partial charge in [-0.2, -0.15) is 0 Å². The molecule has 5 nitrogen and oxygen atoms in total. The van der Waals surface area contributed by atoms with E-state index in [0.717, 1.165) is 22.6 Å². The quantitative estimate of drug-likeness (QED) is 0.872. The van der Waals surface area contributed by atoms with Gasteiger partial charge in [-0.3, -0.25) is 0 Å². The number of rotatable bonds is 3. The van der Waals surface area contributed by atoms with E-state index in [1.165, 1.54) is 4.90 Å². The molecule has 2 aromatic rings. The molecule has 128 valence electrons. The van der Waals surface area contributed by atoms with Crippen molar-refractivity contribution in [3.63, 3.8) is 0 Å². The molecule has 2 aliphatic heterocycles. The van der Waals surface area contributed by atoms with Gasteiger partial charge in [0.2, 0.25) is 0 Å². The van der Waals surface area contributed by atoms with E-state index >= 15 is 0 Å². The van der Waals surface area contributed by atoms with E-state index in [1.54, 1.807) is 0 Å². The predicted molar refractivity (Wildman–Crippen MR) is 93.1 cm³/mol. The van der Waals surface area contributed by atoms with Crippen LogP contribution in [0.25, 0.3) is 0 Å². The summed E-state index contributed by atoms with van der Waals surface area (Å²) in [5.41, 5.74) is 1.72. The van der Waals surface area contributed by atoms with Crippen LogP contribution >= 0.6 is 0 Å². The zero-order chi connectivity index (χ0) is 17.3. The van der Waals surface area contributed by atoms with Crippen molar-refractivity contribution in [2.75, 3.05) is 19.7 Å². The molecule has 0 aromatic heterocycles. The fourth-order valence-electron chi connectivity index (χ4n) is 3.43. The summed E-state index contributed by atoms with van der Waals surface area (Å²) in [6.45, 7) is 1.78. The summed E-state index contributed by atoms with van der Waals surface area (Å²) < 4.78 is 11.7. The topological polar surface area (TPSA) is 59.0 Å². The monoisotopic (exact) mass is 337 g/mol. The van der Waals surface area contributed by atoms with Crippen LogP contribution in [0.1, 0.15) is 11.1 Å². The Morgan fingerprint density at radius 2 is 2.08 bits per heavy atom. The minimum Gasteiger partial charge on any atom is -0.492 e. The standard InChI is InChI=1S/C20H19NO4/c22-19(23)21-10-4-9-20(13-21)14-25-18-11-16(7-8-17(18)20)24-12-15-5-2-1-3-6-15/h1-9,11H,10,12-14H2,(H,22,23). The molecule has 2 heterocycles. The Labute approximate surface area is 146 Å². The first-order valence-corrected chi connectivity index (χ1v) is 8.26. The summed E-state index contributed by atoms with van der Waals surface area (Å²) in [4.78, 5) is 12.7. The van der Waals surface area contributed by atoms with Gasteiger partial charge >= 0.3 is 6.09 Å². The van der Waals surface area contributed by atoms with Crippen molar-refractivity contribution in [2.24, 2.45) is 0 Å². The minimum absolute atomic E-state index is 0.399. The molecule has 4 rings (SSSR count). The number of nitrogens with zero attached hydrogens (tertiary/aromatic N) is 1. The summed E-state index contributed by atoms with van der Waals surface area (Å²) in [6, 6.07) is 15.8. The van der Waals surface area contributed by atoms with E-state index in [9.17, 15) is 9.90 Å². The molecule has 1 unspecified atom stereocenters. The van der Waals surface area contributed by atoms with Crippen molar-refractivity contribution in [1.82, 2.24) is 4.90 Å². The van der Waals surface area contributed by atoms with Gasteiger partial charge in [0.05, 0.1) is 5.41 Å². The summed E-state index contributed by atoms with van der Waals surface area (Å²) in [5, 5.41) is 9.28. The molecule has 2 aromatic carbocycles. The molecule has 2 aliphatic rings.